The minimum atomic E-state index is -1.09. The average molecular weight is 297 g/mol. The monoisotopic (exact) mass is 297 g/mol. The summed E-state index contributed by atoms with van der Waals surface area (Å²) in [5.74, 6) is -0.812. The topological polar surface area (TPSA) is 69.7 Å². The van der Waals surface area contributed by atoms with Crippen LogP contribution in [0.2, 0.25) is 0 Å². The Morgan fingerprint density at radius 1 is 1.05 bits per heavy atom. The molecule has 1 aliphatic rings. The van der Waals surface area contributed by atoms with Crippen LogP contribution in [0.4, 0.5) is 4.79 Å². The number of urea groups is 1. The molecule has 1 aliphatic heterocycles. The standard InChI is InChI=1S/C15H27N3O3/c1-5-9-17(8-4)10-11-18-13(20)15(6-2,7-3)12(19)16-14(18)21/h5-11H2,1-4H3,(H,16,19,21). The summed E-state index contributed by atoms with van der Waals surface area (Å²) in [7, 11) is 0. The Balaban J connectivity index is 2.83. The van der Waals surface area contributed by atoms with Gasteiger partial charge < -0.3 is 4.90 Å². The quantitative estimate of drug-likeness (QED) is 0.691. The van der Waals surface area contributed by atoms with Crippen molar-refractivity contribution >= 4 is 17.8 Å². The van der Waals surface area contributed by atoms with E-state index in [1.165, 1.54) is 4.90 Å². The van der Waals surface area contributed by atoms with Gasteiger partial charge in [-0.25, -0.2) is 4.79 Å². The van der Waals surface area contributed by atoms with Crippen molar-refractivity contribution in [3.63, 3.8) is 0 Å². The molecular formula is C15H27N3O3. The van der Waals surface area contributed by atoms with E-state index in [2.05, 4.69) is 24.1 Å². The normalized spacial score (nSPS) is 18.3. The summed E-state index contributed by atoms with van der Waals surface area (Å²) >= 11 is 0. The van der Waals surface area contributed by atoms with E-state index in [4.69, 9.17) is 0 Å². The van der Waals surface area contributed by atoms with Gasteiger partial charge in [0.25, 0.3) is 0 Å². The summed E-state index contributed by atoms with van der Waals surface area (Å²) in [5, 5.41) is 2.34. The molecule has 6 heteroatoms. The van der Waals surface area contributed by atoms with Crippen LogP contribution in [-0.4, -0.2) is 53.8 Å². The maximum absolute atomic E-state index is 12.6. The summed E-state index contributed by atoms with van der Waals surface area (Å²) in [5.41, 5.74) is -1.09. The van der Waals surface area contributed by atoms with Gasteiger partial charge in [-0.2, -0.15) is 0 Å². The lowest BCUT2D eigenvalue weighted by Gasteiger charge is -2.38. The molecule has 1 heterocycles. The van der Waals surface area contributed by atoms with Crippen LogP contribution in [0.25, 0.3) is 0 Å². The number of nitrogens with zero attached hydrogens (tertiary/aromatic N) is 2. The van der Waals surface area contributed by atoms with E-state index >= 15 is 0 Å². The van der Waals surface area contributed by atoms with Crippen LogP contribution in [0, 0.1) is 5.41 Å². The van der Waals surface area contributed by atoms with E-state index < -0.39 is 17.4 Å². The first-order chi connectivity index (χ1) is 9.96. The Morgan fingerprint density at radius 3 is 2.14 bits per heavy atom. The van der Waals surface area contributed by atoms with Gasteiger partial charge >= 0.3 is 6.03 Å². The highest BCUT2D eigenvalue weighted by Gasteiger charge is 2.51. The predicted octanol–water partition coefficient (Wildman–Crippen LogP) is 1.60. The van der Waals surface area contributed by atoms with E-state index in [0.717, 1.165) is 19.5 Å². The van der Waals surface area contributed by atoms with Crippen LogP contribution in [0.15, 0.2) is 0 Å². The molecule has 0 saturated carbocycles. The maximum Gasteiger partial charge on any atom is 0.330 e. The van der Waals surface area contributed by atoms with E-state index in [1.54, 1.807) is 0 Å². The Bertz CT molecular complexity index is 405. The second kappa shape index (κ2) is 7.54. The van der Waals surface area contributed by atoms with Gasteiger partial charge in [-0.05, 0) is 32.4 Å². The van der Waals surface area contributed by atoms with Crippen LogP contribution in [0.5, 0.6) is 0 Å². The van der Waals surface area contributed by atoms with Gasteiger partial charge in [0.05, 0.1) is 0 Å². The third-order valence-corrected chi connectivity index (χ3v) is 4.39. The zero-order valence-corrected chi connectivity index (χ0v) is 13.6. The molecule has 0 unspecified atom stereocenters. The Labute approximate surface area is 126 Å². The highest BCUT2D eigenvalue weighted by Crippen LogP contribution is 2.32. The Hall–Kier alpha value is -1.43. The Morgan fingerprint density at radius 2 is 1.67 bits per heavy atom. The molecule has 0 atom stereocenters. The smallest absolute Gasteiger partial charge is 0.302 e. The average Bonchev–Trinajstić information content (AvgIpc) is 2.47. The highest BCUT2D eigenvalue weighted by molar-refractivity contribution is 6.19. The second-order valence-electron chi connectivity index (χ2n) is 5.44. The number of carbonyl (C=O) groups excluding carboxylic acids is 3. The highest BCUT2D eigenvalue weighted by atomic mass is 16.2. The van der Waals surface area contributed by atoms with E-state index in [9.17, 15) is 14.4 Å². The first-order valence-corrected chi connectivity index (χ1v) is 7.86. The second-order valence-corrected chi connectivity index (χ2v) is 5.44. The van der Waals surface area contributed by atoms with Crippen LogP contribution < -0.4 is 5.32 Å². The fourth-order valence-corrected chi connectivity index (χ4v) is 2.79. The fraction of sp³-hybridized carbons (Fsp3) is 0.800. The summed E-state index contributed by atoms with van der Waals surface area (Å²) in [6, 6.07) is -0.588. The van der Waals surface area contributed by atoms with E-state index in [0.29, 0.717) is 25.9 Å². The molecule has 0 radical (unpaired) electrons. The molecule has 4 amide bonds. The molecule has 0 aromatic carbocycles. The maximum atomic E-state index is 12.6. The van der Waals surface area contributed by atoms with Gasteiger partial charge in [-0.15, -0.1) is 0 Å². The van der Waals surface area contributed by atoms with Crippen molar-refractivity contribution in [3.8, 4) is 0 Å². The number of carbonyl (C=O) groups is 3. The number of hydrogen-bond donors (Lipinski definition) is 1. The molecule has 0 aromatic rings. The van der Waals surface area contributed by atoms with Crippen LogP contribution >= 0.6 is 0 Å². The van der Waals surface area contributed by atoms with Gasteiger partial charge in [-0.3, -0.25) is 19.8 Å². The molecule has 1 N–H and O–H groups in total. The molecule has 0 aliphatic carbocycles. The lowest BCUT2D eigenvalue weighted by Crippen LogP contribution is -2.64. The first-order valence-electron chi connectivity index (χ1n) is 7.86. The van der Waals surface area contributed by atoms with Crippen LogP contribution in [0.1, 0.15) is 47.0 Å². The van der Waals surface area contributed by atoms with Crippen molar-refractivity contribution in [2.24, 2.45) is 5.41 Å². The van der Waals surface area contributed by atoms with E-state index in [1.807, 2.05) is 13.8 Å². The SMILES string of the molecule is CCCN(CC)CCN1C(=O)NC(=O)C(CC)(CC)C1=O. The molecule has 1 rings (SSSR count). The van der Waals surface area contributed by atoms with Crippen LogP contribution in [0.3, 0.4) is 0 Å². The molecule has 21 heavy (non-hydrogen) atoms. The van der Waals surface area contributed by atoms with Crippen molar-refractivity contribution in [1.82, 2.24) is 15.1 Å². The molecule has 120 valence electrons. The molecule has 6 nitrogen and oxygen atoms in total. The minimum Gasteiger partial charge on any atom is -0.302 e. The van der Waals surface area contributed by atoms with Crippen molar-refractivity contribution in [1.29, 1.82) is 0 Å². The van der Waals surface area contributed by atoms with Gasteiger partial charge in [0.1, 0.15) is 5.41 Å². The molecule has 0 aromatic heterocycles. The summed E-state index contributed by atoms with van der Waals surface area (Å²) in [6.07, 6.45) is 1.84. The molecule has 1 fully saturated rings. The zero-order chi connectivity index (χ0) is 16.0. The zero-order valence-electron chi connectivity index (χ0n) is 13.6. The molecule has 0 bridgehead atoms. The van der Waals surface area contributed by atoms with E-state index in [-0.39, 0.29) is 5.91 Å². The summed E-state index contributed by atoms with van der Waals surface area (Å²) < 4.78 is 0. The van der Waals surface area contributed by atoms with Crippen molar-refractivity contribution in [2.75, 3.05) is 26.2 Å². The lowest BCUT2D eigenvalue weighted by molar-refractivity contribution is -0.152. The number of nitrogens with one attached hydrogen (secondary N) is 1. The summed E-state index contributed by atoms with van der Waals surface area (Å²) in [4.78, 5) is 40.0. The molecule has 0 spiro atoms. The lowest BCUT2D eigenvalue weighted by atomic mass is 9.78. The molecular weight excluding hydrogens is 270 g/mol. The predicted molar refractivity (Wildman–Crippen MR) is 80.7 cm³/mol. The third kappa shape index (κ3) is 3.43. The van der Waals surface area contributed by atoms with Gasteiger partial charge in [-0.1, -0.05) is 27.7 Å². The Kier molecular flexibility index (Phi) is 6.33. The van der Waals surface area contributed by atoms with Gasteiger partial charge in [0.15, 0.2) is 0 Å². The fourth-order valence-electron chi connectivity index (χ4n) is 2.79. The van der Waals surface area contributed by atoms with Gasteiger partial charge in [0, 0.05) is 13.1 Å². The molecule has 1 saturated heterocycles. The number of amides is 4. The number of imide groups is 2. The summed E-state index contributed by atoms with van der Waals surface area (Å²) in [6.45, 7) is 10.6. The number of rotatable bonds is 8. The number of hydrogen-bond acceptors (Lipinski definition) is 4. The third-order valence-electron chi connectivity index (χ3n) is 4.39. The minimum absolute atomic E-state index is 0.327. The van der Waals surface area contributed by atoms with Crippen LogP contribution in [-0.2, 0) is 9.59 Å². The van der Waals surface area contributed by atoms with Gasteiger partial charge in [0.2, 0.25) is 11.8 Å². The van der Waals surface area contributed by atoms with Crippen molar-refractivity contribution < 1.29 is 14.4 Å². The first kappa shape index (κ1) is 17.6. The largest absolute Gasteiger partial charge is 0.330 e. The number of likely N-dealkylation sites (N-methyl/N-ethyl adjacent to an activating group) is 1. The van der Waals surface area contributed by atoms with Crippen molar-refractivity contribution in [2.45, 2.75) is 47.0 Å². The number of barbiturate groups is 1. The van der Waals surface area contributed by atoms with Crippen molar-refractivity contribution in [3.05, 3.63) is 0 Å².